The second-order valence-corrected chi connectivity index (χ2v) is 3.86. The van der Waals surface area contributed by atoms with Crippen LogP contribution >= 0.6 is 0 Å². The number of anilines is 1. The third-order valence-corrected chi connectivity index (χ3v) is 1.86. The summed E-state index contributed by atoms with van der Waals surface area (Å²) < 4.78 is 10.9. The van der Waals surface area contributed by atoms with E-state index in [1.54, 1.807) is 0 Å². The first-order valence-electron chi connectivity index (χ1n) is 5.25. The molecule has 0 spiro atoms. The fourth-order valence-electron chi connectivity index (χ4n) is 1.14. The zero-order valence-corrected chi connectivity index (χ0v) is 9.40. The molecule has 3 nitrogen and oxygen atoms in total. The quantitative estimate of drug-likeness (QED) is 0.577. The molecule has 0 atom stereocenters. The molecule has 0 radical (unpaired) electrons. The van der Waals surface area contributed by atoms with Crippen LogP contribution in [0.25, 0.3) is 0 Å². The zero-order valence-electron chi connectivity index (χ0n) is 9.40. The summed E-state index contributed by atoms with van der Waals surface area (Å²) in [5.41, 5.74) is 6.39. The molecule has 0 saturated carbocycles. The molecule has 84 valence electrons. The van der Waals surface area contributed by atoms with Crippen LogP contribution in [-0.2, 0) is 4.74 Å². The zero-order chi connectivity index (χ0) is 11.1. The monoisotopic (exact) mass is 209 g/mol. The molecule has 3 heteroatoms. The van der Waals surface area contributed by atoms with Gasteiger partial charge in [0.2, 0.25) is 0 Å². The molecule has 1 aromatic rings. The Bertz CT molecular complexity index is 287. The molecule has 0 unspecified atom stereocenters. The highest BCUT2D eigenvalue weighted by molar-refractivity contribution is 5.51. The van der Waals surface area contributed by atoms with Gasteiger partial charge in [-0.2, -0.15) is 0 Å². The van der Waals surface area contributed by atoms with Crippen molar-refractivity contribution in [2.45, 2.75) is 13.8 Å². The molecule has 0 aliphatic carbocycles. The van der Waals surface area contributed by atoms with Crippen LogP contribution < -0.4 is 10.5 Å². The van der Waals surface area contributed by atoms with Gasteiger partial charge in [-0.1, -0.05) is 26.0 Å². The van der Waals surface area contributed by atoms with E-state index >= 15 is 0 Å². The Labute approximate surface area is 91.2 Å². The summed E-state index contributed by atoms with van der Waals surface area (Å²) in [4.78, 5) is 0. The van der Waals surface area contributed by atoms with Crippen molar-refractivity contribution in [1.29, 1.82) is 0 Å². The Hall–Kier alpha value is -1.22. The SMILES string of the molecule is CC(C)COCCOc1ccccc1N. The van der Waals surface area contributed by atoms with Gasteiger partial charge in [0.15, 0.2) is 0 Å². The smallest absolute Gasteiger partial charge is 0.142 e. The standard InChI is InChI=1S/C12H19NO2/c1-10(2)9-14-7-8-15-12-6-4-3-5-11(12)13/h3-6,10H,7-9,13H2,1-2H3. The van der Waals surface area contributed by atoms with E-state index in [4.69, 9.17) is 15.2 Å². The van der Waals surface area contributed by atoms with Crippen molar-refractivity contribution in [3.05, 3.63) is 24.3 Å². The maximum absolute atomic E-state index is 5.72. The van der Waals surface area contributed by atoms with Crippen LogP contribution in [0.4, 0.5) is 5.69 Å². The summed E-state index contributed by atoms with van der Waals surface area (Å²) in [5, 5.41) is 0. The lowest BCUT2D eigenvalue weighted by atomic mass is 10.2. The van der Waals surface area contributed by atoms with Crippen molar-refractivity contribution < 1.29 is 9.47 Å². The molecule has 1 rings (SSSR count). The minimum atomic E-state index is 0.543. The van der Waals surface area contributed by atoms with Gasteiger partial charge < -0.3 is 15.2 Å². The maximum Gasteiger partial charge on any atom is 0.142 e. The van der Waals surface area contributed by atoms with Gasteiger partial charge in [-0.05, 0) is 18.1 Å². The fraction of sp³-hybridized carbons (Fsp3) is 0.500. The van der Waals surface area contributed by atoms with E-state index in [0.29, 0.717) is 24.8 Å². The average Bonchev–Trinajstić information content (AvgIpc) is 2.20. The number of rotatable bonds is 6. The van der Waals surface area contributed by atoms with Gasteiger partial charge in [0.25, 0.3) is 0 Å². The van der Waals surface area contributed by atoms with Gasteiger partial charge in [-0.3, -0.25) is 0 Å². The molecule has 15 heavy (non-hydrogen) atoms. The minimum absolute atomic E-state index is 0.543. The van der Waals surface area contributed by atoms with Crippen LogP contribution in [0.5, 0.6) is 5.75 Å². The van der Waals surface area contributed by atoms with E-state index < -0.39 is 0 Å². The number of nitrogen functional groups attached to an aromatic ring is 1. The molecular weight excluding hydrogens is 190 g/mol. The number of para-hydroxylation sites is 2. The van der Waals surface area contributed by atoms with E-state index in [2.05, 4.69) is 13.8 Å². The van der Waals surface area contributed by atoms with Gasteiger partial charge in [-0.25, -0.2) is 0 Å². The second kappa shape index (κ2) is 6.30. The summed E-state index contributed by atoms with van der Waals surface area (Å²) in [6.07, 6.45) is 0. The summed E-state index contributed by atoms with van der Waals surface area (Å²) >= 11 is 0. The number of nitrogens with two attached hydrogens (primary N) is 1. The lowest BCUT2D eigenvalue weighted by Crippen LogP contribution is -2.10. The van der Waals surface area contributed by atoms with Gasteiger partial charge in [-0.15, -0.1) is 0 Å². The predicted octanol–water partition coefficient (Wildman–Crippen LogP) is 2.32. The number of ether oxygens (including phenoxy) is 2. The van der Waals surface area contributed by atoms with Crippen molar-refractivity contribution in [3.63, 3.8) is 0 Å². The Kier molecular flexibility index (Phi) is 4.98. The van der Waals surface area contributed by atoms with Gasteiger partial charge in [0.05, 0.1) is 12.3 Å². The van der Waals surface area contributed by atoms with E-state index in [1.165, 1.54) is 0 Å². The highest BCUT2D eigenvalue weighted by Gasteiger charge is 1.98. The third kappa shape index (κ3) is 4.70. The van der Waals surface area contributed by atoms with Crippen molar-refractivity contribution in [1.82, 2.24) is 0 Å². The van der Waals surface area contributed by atoms with Crippen molar-refractivity contribution in [2.75, 3.05) is 25.6 Å². The lowest BCUT2D eigenvalue weighted by molar-refractivity contribution is 0.0821. The van der Waals surface area contributed by atoms with E-state index in [-0.39, 0.29) is 0 Å². The van der Waals surface area contributed by atoms with Gasteiger partial charge in [0, 0.05) is 6.61 Å². The first-order valence-corrected chi connectivity index (χ1v) is 5.25. The normalized spacial score (nSPS) is 10.6. The summed E-state index contributed by atoms with van der Waals surface area (Å²) in [6, 6.07) is 7.47. The molecule has 1 aromatic carbocycles. The van der Waals surface area contributed by atoms with Crippen LogP contribution in [0, 0.1) is 5.92 Å². The molecule has 0 bridgehead atoms. The van der Waals surface area contributed by atoms with E-state index in [0.717, 1.165) is 12.4 Å². The lowest BCUT2D eigenvalue weighted by Gasteiger charge is -2.09. The molecule has 0 amide bonds. The Morgan fingerprint density at radius 1 is 1.20 bits per heavy atom. The molecule has 0 heterocycles. The highest BCUT2D eigenvalue weighted by atomic mass is 16.5. The van der Waals surface area contributed by atoms with Gasteiger partial charge >= 0.3 is 0 Å². The van der Waals surface area contributed by atoms with E-state index in [1.807, 2.05) is 24.3 Å². The first-order chi connectivity index (χ1) is 7.20. The summed E-state index contributed by atoms with van der Waals surface area (Å²) in [7, 11) is 0. The Morgan fingerprint density at radius 3 is 2.60 bits per heavy atom. The number of benzene rings is 1. The Balaban J connectivity index is 2.18. The van der Waals surface area contributed by atoms with Crippen LogP contribution in [0.1, 0.15) is 13.8 Å². The van der Waals surface area contributed by atoms with Crippen molar-refractivity contribution in [3.8, 4) is 5.75 Å². The van der Waals surface area contributed by atoms with Gasteiger partial charge in [0.1, 0.15) is 12.4 Å². The molecule has 0 aromatic heterocycles. The predicted molar refractivity (Wildman–Crippen MR) is 62.0 cm³/mol. The average molecular weight is 209 g/mol. The number of hydrogen-bond acceptors (Lipinski definition) is 3. The summed E-state index contributed by atoms with van der Waals surface area (Å²) in [6.45, 7) is 6.16. The highest BCUT2D eigenvalue weighted by Crippen LogP contribution is 2.19. The van der Waals surface area contributed by atoms with Crippen LogP contribution in [0.2, 0.25) is 0 Å². The third-order valence-electron chi connectivity index (χ3n) is 1.86. The topological polar surface area (TPSA) is 44.5 Å². The summed E-state index contributed by atoms with van der Waals surface area (Å²) in [5.74, 6) is 1.29. The second-order valence-electron chi connectivity index (χ2n) is 3.86. The maximum atomic E-state index is 5.72. The van der Waals surface area contributed by atoms with Crippen LogP contribution in [0.3, 0.4) is 0 Å². The minimum Gasteiger partial charge on any atom is -0.489 e. The van der Waals surface area contributed by atoms with Crippen LogP contribution in [-0.4, -0.2) is 19.8 Å². The molecule has 2 N–H and O–H groups in total. The van der Waals surface area contributed by atoms with Crippen molar-refractivity contribution in [2.24, 2.45) is 5.92 Å². The molecule has 0 aliphatic heterocycles. The van der Waals surface area contributed by atoms with Crippen LogP contribution in [0.15, 0.2) is 24.3 Å². The van der Waals surface area contributed by atoms with Crippen molar-refractivity contribution >= 4 is 5.69 Å². The largest absolute Gasteiger partial charge is 0.489 e. The van der Waals surface area contributed by atoms with E-state index in [9.17, 15) is 0 Å². The molecule has 0 aliphatic rings. The first kappa shape index (κ1) is 11.9. The fourth-order valence-corrected chi connectivity index (χ4v) is 1.14. The Morgan fingerprint density at radius 2 is 1.93 bits per heavy atom. The molecule has 0 saturated heterocycles. The number of hydrogen-bond donors (Lipinski definition) is 1. The molecule has 0 fully saturated rings. The molecular formula is C12H19NO2.